The molecule has 2 rings (SSSR count). The second-order valence-corrected chi connectivity index (χ2v) is 12.1. The fourth-order valence-electron chi connectivity index (χ4n) is 4.11. The van der Waals surface area contributed by atoms with Crippen molar-refractivity contribution in [3.63, 3.8) is 0 Å². The van der Waals surface area contributed by atoms with Gasteiger partial charge in [0.05, 0.1) is 6.61 Å². The minimum Gasteiger partial charge on any atom is -0.493 e. The summed E-state index contributed by atoms with van der Waals surface area (Å²) in [7, 11) is 0. The van der Waals surface area contributed by atoms with Crippen LogP contribution in [0.5, 0.6) is 5.75 Å². The number of benzene rings is 1. The van der Waals surface area contributed by atoms with Gasteiger partial charge in [-0.3, -0.25) is 24.5 Å². The minimum absolute atomic E-state index is 0.0164. The van der Waals surface area contributed by atoms with Crippen LogP contribution in [0.4, 0.5) is 0 Å². The summed E-state index contributed by atoms with van der Waals surface area (Å²) in [6.07, 6.45) is 6.17. The molecule has 1 aromatic carbocycles. The first-order valence-corrected chi connectivity index (χ1v) is 15.0. The molecule has 0 aliphatic carbocycles. The lowest BCUT2D eigenvalue weighted by molar-refractivity contribution is -0.152. The van der Waals surface area contributed by atoms with Gasteiger partial charge in [-0.2, -0.15) is 0 Å². The molecule has 0 bridgehead atoms. The topological polar surface area (TPSA) is 98.8 Å². The van der Waals surface area contributed by atoms with E-state index in [2.05, 4.69) is 32.7 Å². The lowest BCUT2D eigenvalue weighted by atomic mass is 9.93. The van der Waals surface area contributed by atoms with Crippen molar-refractivity contribution in [2.75, 3.05) is 6.61 Å². The summed E-state index contributed by atoms with van der Waals surface area (Å²) in [5.74, 6) is 1.85. The van der Waals surface area contributed by atoms with Crippen molar-refractivity contribution < 1.29 is 28.7 Å². The van der Waals surface area contributed by atoms with Crippen LogP contribution in [0, 0.1) is 17.8 Å². The second kappa shape index (κ2) is 19.2. The lowest BCUT2D eigenvalue weighted by Crippen LogP contribution is -2.39. The van der Waals surface area contributed by atoms with E-state index >= 15 is 0 Å². The van der Waals surface area contributed by atoms with Crippen LogP contribution in [0.1, 0.15) is 130 Å². The Hall–Kier alpha value is -2.96. The number of amides is 2. The number of allylic oxidation sites excluding steroid dienone is 1. The van der Waals surface area contributed by atoms with Crippen LogP contribution in [0.25, 0.3) is 5.57 Å². The first-order valence-electron chi connectivity index (χ1n) is 15.0. The molecule has 1 aromatic rings. The number of esters is 1. The van der Waals surface area contributed by atoms with Crippen LogP contribution in [0.2, 0.25) is 0 Å². The largest absolute Gasteiger partial charge is 0.493 e. The van der Waals surface area contributed by atoms with Gasteiger partial charge in [-0.25, -0.2) is 0 Å². The van der Waals surface area contributed by atoms with E-state index in [9.17, 15) is 19.2 Å². The smallest absolute Gasteiger partial charge is 0.303 e. The molecule has 3 atom stereocenters. The van der Waals surface area contributed by atoms with Gasteiger partial charge < -0.3 is 9.47 Å². The number of ether oxygens (including phenoxy) is 2. The number of ketones is 1. The van der Waals surface area contributed by atoms with E-state index in [4.69, 9.17) is 9.47 Å². The standard InChI is InChI=1S/C22H34O2.C6H9NO2.C6H12O2/c1-7-10-22(23)20-12-11-19(14-21(20)16(4)5)24-15-18(9-3)13-17(6)8-2;1-4-2-3-5(8)7-6(4)9;1-5(7)8-6(2,3)4/h11-12,14,17-18H,4,7-10,13,15H2,1-3,5-6H3;4H,2-3H2,1H3,(H,7,8,9);1-4H3. The molecule has 1 saturated heterocycles. The molecule has 0 saturated carbocycles. The summed E-state index contributed by atoms with van der Waals surface area (Å²) in [6.45, 7) is 24.2. The van der Waals surface area contributed by atoms with E-state index in [0.717, 1.165) is 47.8 Å². The number of rotatable bonds is 11. The van der Waals surface area contributed by atoms with E-state index < -0.39 is 0 Å². The van der Waals surface area contributed by atoms with Crippen LogP contribution in [0.15, 0.2) is 24.8 Å². The monoisotopic (exact) mass is 573 g/mol. The van der Waals surface area contributed by atoms with E-state index in [1.807, 2.05) is 59.7 Å². The molecule has 3 unspecified atom stereocenters. The third kappa shape index (κ3) is 16.8. The average molecular weight is 574 g/mol. The normalized spacial score (nSPS) is 16.1. The van der Waals surface area contributed by atoms with E-state index in [1.165, 1.54) is 19.8 Å². The van der Waals surface area contributed by atoms with Gasteiger partial charge in [0.25, 0.3) is 0 Å². The third-order valence-corrected chi connectivity index (χ3v) is 6.69. The van der Waals surface area contributed by atoms with Gasteiger partial charge >= 0.3 is 5.97 Å². The maximum Gasteiger partial charge on any atom is 0.303 e. The Kier molecular flexibility index (Phi) is 17.8. The van der Waals surface area contributed by atoms with E-state index in [0.29, 0.717) is 25.2 Å². The molecule has 1 heterocycles. The molecule has 0 radical (unpaired) electrons. The highest BCUT2D eigenvalue weighted by molar-refractivity contribution is 6.00. The molecule has 1 aliphatic rings. The first kappa shape index (κ1) is 38.0. The molecule has 1 aliphatic heterocycles. The molecule has 1 fully saturated rings. The zero-order valence-electron chi connectivity index (χ0n) is 27.3. The Balaban J connectivity index is 0.000000762. The van der Waals surface area contributed by atoms with Crippen LogP contribution in [-0.2, 0) is 19.1 Å². The van der Waals surface area contributed by atoms with Gasteiger partial charge in [0.15, 0.2) is 5.78 Å². The van der Waals surface area contributed by atoms with Gasteiger partial charge in [-0.05, 0) is 82.6 Å². The first-order chi connectivity index (χ1) is 19.0. The molecular formula is C34H55NO6. The van der Waals surface area contributed by atoms with Gasteiger partial charge in [0, 0.05) is 31.2 Å². The van der Waals surface area contributed by atoms with Crippen molar-refractivity contribution in [1.29, 1.82) is 0 Å². The van der Waals surface area contributed by atoms with Crippen molar-refractivity contribution in [1.82, 2.24) is 5.32 Å². The number of carbonyl (C=O) groups excluding carboxylic acids is 4. The molecule has 1 N–H and O–H groups in total. The van der Waals surface area contributed by atoms with E-state index in [-0.39, 0.29) is 35.1 Å². The van der Waals surface area contributed by atoms with Crippen LogP contribution in [0.3, 0.4) is 0 Å². The fourth-order valence-corrected chi connectivity index (χ4v) is 4.11. The Morgan fingerprint density at radius 1 is 1.07 bits per heavy atom. The number of hydrogen-bond donors (Lipinski definition) is 1. The van der Waals surface area contributed by atoms with Gasteiger partial charge in [-0.1, -0.05) is 59.6 Å². The quantitative estimate of drug-likeness (QED) is 0.164. The molecule has 0 aromatic heterocycles. The van der Waals surface area contributed by atoms with Crippen LogP contribution in [-0.4, -0.2) is 35.8 Å². The number of imide groups is 1. The highest BCUT2D eigenvalue weighted by Crippen LogP contribution is 2.26. The Bertz CT molecular complexity index is 1010. The Morgan fingerprint density at radius 2 is 1.71 bits per heavy atom. The Labute approximate surface area is 248 Å². The molecule has 232 valence electrons. The predicted molar refractivity (Wildman–Crippen MR) is 167 cm³/mol. The number of hydrogen-bond acceptors (Lipinski definition) is 6. The minimum atomic E-state index is -0.328. The molecular weight excluding hydrogens is 518 g/mol. The van der Waals surface area contributed by atoms with Crippen molar-refractivity contribution in [2.24, 2.45) is 17.8 Å². The zero-order valence-corrected chi connectivity index (χ0v) is 27.3. The number of nitrogens with one attached hydrogen (secondary N) is 1. The predicted octanol–water partition coefficient (Wildman–Crippen LogP) is 7.95. The fraction of sp³-hybridized carbons (Fsp3) is 0.647. The van der Waals surface area contributed by atoms with Crippen molar-refractivity contribution >= 4 is 29.1 Å². The van der Waals surface area contributed by atoms with Crippen LogP contribution >= 0.6 is 0 Å². The van der Waals surface area contributed by atoms with Crippen molar-refractivity contribution in [3.8, 4) is 5.75 Å². The van der Waals surface area contributed by atoms with Crippen molar-refractivity contribution in [2.45, 2.75) is 120 Å². The summed E-state index contributed by atoms with van der Waals surface area (Å²) in [5, 5.41) is 2.25. The molecule has 41 heavy (non-hydrogen) atoms. The summed E-state index contributed by atoms with van der Waals surface area (Å²) in [5.41, 5.74) is 2.27. The van der Waals surface area contributed by atoms with E-state index in [1.54, 1.807) is 0 Å². The molecule has 7 heteroatoms. The maximum atomic E-state index is 12.3. The SMILES string of the molecule is C=C(C)c1cc(OCC(CC)CC(C)CC)ccc1C(=O)CCC.CC(=O)OC(C)(C)C.CC1CCC(=O)NC1=O. The number of carbonyl (C=O) groups is 4. The molecule has 2 amide bonds. The number of Topliss-reactive ketones (excluding diaryl/α,β-unsaturated/α-hetero) is 1. The third-order valence-electron chi connectivity index (χ3n) is 6.69. The van der Waals surface area contributed by atoms with Gasteiger partial charge in [0.1, 0.15) is 11.4 Å². The maximum absolute atomic E-state index is 12.3. The summed E-state index contributed by atoms with van der Waals surface area (Å²) in [4.78, 5) is 43.7. The second-order valence-electron chi connectivity index (χ2n) is 12.1. The summed E-state index contributed by atoms with van der Waals surface area (Å²) in [6, 6.07) is 5.79. The average Bonchev–Trinajstić information content (AvgIpc) is 2.87. The molecule has 7 nitrogen and oxygen atoms in total. The van der Waals surface area contributed by atoms with Gasteiger partial charge in [-0.15, -0.1) is 0 Å². The van der Waals surface area contributed by atoms with Crippen molar-refractivity contribution in [3.05, 3.63) is 35.9 Å². The molecule has 0 spiro atoms. The zero-order chi connectivity index (χ0) is 31.8. The lowest BCUT2D eigenvalue weighted by Gasteiger charge is -2.20. The summed E-state index contributed by atoms with van der Waals surface area (Å²) >= 11 is 0. The highest BCUT2D eigenvalue weighted by atomic mass is 16.6. The van der Waals surface area contributed by atoms with Gasteiger partial charge in [0.2, 0.25) is 11.8 Å². The summed E-state index contributed by atoms with van der Waals surface area (Å²) < 4.78 is 10.8. The number of piperidine rings is 1. The Morgan fingerprint density at radius 3 is 2.12 bits per heavy atom. The van der Waals surface area contributed by atoms with Crippen LogP contribution < -0.4 is 10.1 Å². The highest BCUT2D eigenvalue weighted by Gasteiger charge is 2.21.